The zero-order valence-electron chi connectivity index (χ0n) is 5.60. The molecule has 0 N–H and O–H groups in total. The van der Waals surface area contributed by atoms with E-state index in [1.807, 2.05) is 11.8 Å². The first-order valence-corrected chi connectivity index (χ1v) is 5.12. The summed E-state index contributed by atoms with van der Waals surface area (Å²) >= 11 is 3.61. The molecule has 0 aromatic heterocycles. The maximum atomic E-state index is 2.20. The first kappa shape index (κ1) is 8.44. The molecule has 0 aliphatic carbocycles. The summed E-state index contributed by atoms with van der Waals surface area (Å²) in [4.78, 5) is 1.47. The second-order valence-electron chi connectivity index (χ2n) is 1.38. The van der Waals surface area contributed by atoms with Gasteiger partial charge >= 0.3 is 0 Å². The molecule has 0 bridgehead atoms. The molecular weight excluding hydrogens is 136 g/mol. The van der Waals surface area contributed by atoms with Gasteiger partial charge in [0.1, 0.15) is 0 Å². The van der Waals surface area contributed by atoms with E-state index in [2.05, 4.69) is 24.8 Å². The third-order valence-electron chi connectivity index (χ3n) is 0.860. The van der Waals surface area contributed by atoms with E-state index in [0.29, 0.717) is 0 Å². The van der Waals surface area contributed by atoms with Crippen LogP contribution in [0.2, 0.25) is 0 Å². The average Bonchev–Trinajstić information content (AvgIpc) is 1.83. The van der Waals surface area contributed by atoms with Gasteiger partial charge in [0.15, 0.2) is 0 Å². The van der Waals surface area contributed by atoms with Crippen molar-refractivity contribution < 1.29 is 0 Å². The summed E-state index contributed by atoms with van der Waals surface area (Å²) in [5, 5.41) is 2.20. The molecule has 0 atom stereocenters. The van der Waals surface area contributed by atoms with Crippen molar-refractivity contribution in [3.8, 4) is 0 Å². The van der Waals surface area contributed by atoms with Gasteiger partial charge in [0.05, 0.1) is 0 Å². The molecule has 0 heterocycles. The van der Waals surface area contributed by atoms with Gasteiger partial charge in [0.2, 0.25) is 0 Å². The molecule has 0 aromatic rings. The Morgan fingerprint density at radius 3 is 2.25 bits per heavy atom. The summed E-state index contributed by atoms with van der Waals surface area (Å²) in [6, 6.07) is 0. The summed E-state index contributed by atoms with van der Waals surface area (Å²) in [5.41, 5.74) is 0. The Morgan fingerprint density at radius 1 is 1.50 bits per heavy atom. The van der Waals surface area contributed by atoms with Crippen LogP contribution in [-0.2, 0) is 0 Å². The van der Waals surface area contributed by atoms with E-state index >= 15 is 0 Å². The molecular formula is C6H12S2. The molecule has 0 aliphatic heterocycles. The van der Waals surface area contributed by atoms with Crippen LogP contribution in [0, 0.1) is 0 Å². The molecule has 0 spiro atoms. The Labute approximate surface area is 60.1 Å². The van der Waals surface area contributed by atoms with Crippen LogP contribution in [0.1, 0.15) is 13.3 Å². The van der Waals surface area contributed by atoms with Crippen molar-refractivity contribution in [2.75, 3.05) is 12.5 Å². The summed E-state index contributed by atoms with van der Waals surface area (Å²) in [5.74, 6) is 0. The summed E-state index contributed by atoms with van der Waals surface area (Å²) in [7, 11) is 0. The van der Waals surface area contributed by atoms with Gasteiger partial charge in [-0.15, -0.1) is 23.5 Å². The Bertz CT molecular complexity index is 70.6. The predicted molar refractivity (Wildman–Crippen MR) is 45.4 cm³/mol. The molecule has 0 unspecified atom stereocenters. The molecule has 0 nitrogen and oxygen atoms in total. The zero-order chi connectivity index (χ0) is 6.41. The fraction of sp³-hybridized carbons (Fsp3) is 0.667. The highest BCUT2D eigenvalue weighted by atomic mass is 32.2. The fourth-order valence-corrected chi connectivity index (χ4v) is 1.80. The van der Waals surface area contributed by atoms with Crippen molar-refractivity contribution in [1.29, 1.82) is 0 Å². The minimum absolute atomic E-state index is 1.17. The van der Waals surface area contributed by atoms with E-state index in [9.17, 15) is 0 Å². The smallest absolute Gasteiger partial charge is 0.00949 e. The Balaban J connectivity index is 3.49. The lowest BCUT2D eigenvalue weighted by molar-refractivity contribution is 1.21. The third kappa shape index (κ3) is 3.44. The number of hydrogen-bond donors (Lipinski definition) is 0. The van der Waals surface area contributed by atoms with E-state index in [1.165, 1.54) is 11.3 Å². The van der Waals surface area contributed by atoms with Gasteiger partial charge < -0.3 is 0 Å². The number of thioether (sulfide) groups is 2. The first-order chi connectivity index (χ1) is 3.85. The molecule has 0 aromatic carbocycles. The molecule has 8 heavy (non-hydrogen) atoms. The van der Waals surface area contributed by atoms with Crippen LogP contribution in [0.15, 0.2) is 10.3 Å². The maximum absolute atomic E-state index is 2.20. The van der Waals surface area contributed by atoms with E-state index in [1.54, 1.807) is 11.8 Å². The largest absolute Gasteiger partial charge is 0.137 e. The van der Waals surface area contributed by atoms with Crippen molar-refractivity contribution >= 4 is 23.5 Å². The monoisotopic (exact) mass is 148 g/mol. The lowest BCUT2D eigenvalue weighted by atomic mass is 10.5. The van der Waals surface area contributed by atoms with E-state index in [0.717, 1.165) is 0 Å². The molecule has 0 amide bonds. The quantitative estimate of drug-likeness (QED) is 0.603. The standard InChI is InChI=1S/C6H12S2/c1-4-6(8-3)5-7-2/h5H,4H2,1-3H3/b6-5-. The third-order valence-corrected chi connectivity index (χ3v) is 2.46. The highest BCUT2D eigenvalue weighted by Crippen LogP contribution is 2.17. The number of hydrogen-bond acceptors (Lipinski definition) is 2. The van der Waals surface area contributed by atoms with Crippen molar-refractivity contribution in [2.45, 2.75) is 13.3 Å². The van der Waals surface area contributed by atoms with Gasteiger partial charge in [-0.2, -0.15) is 0 Å². The zero-order valence-corrected chi connectivity index (χ0v) is 7.23. The molecule has 0 rings (SSSR count). The average molecular weight is 148 g/mol. The Hall–Kier alpha value is 0.440. The predicted octanol–water partition coefficient (Wildman–Crippen LogP) is 2.96. The van der Waals surface area contributed by atoms with Gasteiger partial charge in [-0.25, -0.2) is 0 Å². The van der Waals surface area contributed by atoms with Crippen LogP contribution in [0.4, 0.5) is 0 Å². The van der Waals surface area contributed by atoms with E-state index in [4.69, 9.17) is 0 Å². The first-order valence-electron chi connectivity index (χ1n) is 2.61. The second-order valence-corrected chi connectivity index (χ2v) is 3.02. The molecule has 0 saturated carbocycles. The number of allylic oxidation sites excluding steroid dienone is 1. The Kier molecular flexibility index (Phi) is 5.88. The fourth-order valence-electron chi connectivity index (χ4n) is 0.407. The topological polar surface area (TPSA) is 0 Å². The van der Waals surface area contributed by atoms with Crippen molar-refractivity contribution in [3.05, 3.63) is 10.3 Å². The Morgan fingerprint density at radius 2 is 2.12 bits per heavy atom. The van der Waals surface area contributed by atoms with Crippen molar-refractivity contribution in [2.24, 2.45) is 0 Å². The van der Waals surface area contributed by atoms with Gasteiger partial charge in [0.25, 0.3) is 0 Å². The SMILES string of the molecule is CC/C(=C/SC)SC. The highest BCUT2D eigenvalue weighted by Gasteiger charge is 1.85. The minimum atomic E-state index is 1.17. The summed E-state index contributed by atoms with van der Waals surface area (Å²) in [6.45, 7) is 2.18. The van der Waals surface area contributed by atoms with Crippen LogP contribution >= 0.6 is 23.5 Å². The van der Waals surface area contributed by atoms with Crippen molar-refractivity contribution in [1.82, 2.24) is 0 Å². The van der Waals surface area contributed by atoms with Gasteiger partial charge in [-0.05, 0) is 29.2 Å². The summed E-state index contributed by atoms with van der Waals surface area (Å²) < 4.78 is 0. The molecule has 2 heteroatoms. The molecule has 0 saturated heterocycles. The summed E-state index contributed by atoms with van der Waals surface area (Å²) in [6.07, 6.45) is 5.37. The van der Waals surface area contributed by atoms with Crippen LogP contribution in [0.3, 0.4) is 0 Å². The van der Waals surface area contributed by atoms with E-state index < -0.39 is 0 Å². The highest BCUT2D eigenvalue weighted by molar-refractivity contribution is 8.05. The van der Waals surface area contributed by atoms with Crippen LogP contribution in [0.25, 0.3) is 0 Å². The second kappa shape index (κ2) is 5.57. The minimum Gasteiger partial charge on any atom is -0.137 e. The van der Waals surface area contributed by atoms with Crippen LogP contribution < -0.4 is 0 Å². The molecule has 48 valence electrons. The maximum Gasteiger partial charge on any atom is -0.00949 e. The van der Waals surface area contributed by atoms with Gasteiger partial charge in [0, 0.05) is 0 Å². The van der Waals surface area contributed by atoms with Gasteiger partial charge in [-0.3, -0.25) is 0 Å². The number of rotatable bonds is 3. The molecule has 0 aliphatic rings. The van der Waals surface area contributed by atoms with Crippen LogP contribution in [-0.4, -0.2) is 12.5 Å². The van der Waals surface area contributed by atoms with Gasteiger partial charge in [-0.1, -0.05) is 6.92 Å². The van der Waals surface area contributed by atoms with Crippen molar-refractivity contribution in [3.63, 3.8) is 0 Å². The molecule has 0 radical (unpaired) electrons. The lowest BCUT2D eigenvalue weighted by Crippen LogP contribution is -1.67. The normalized spacial score (nSPS) is 12.1. The molecule has 0 fully saturated rings. The van der Waals surface area contributed by atoms with Crippen LogP contribution in [0.5, 0.6) is 0 Å². The van der Waals surface area contributed by atoms with E-state index in [-0.39, 0.29) is 0 Å². The lowest BCUT2D eigenvalue weighted by Gasteiger charge is -1.94.